The van der Waals surface area contributed by atoms with Gasteiger partial charge in [0, 0.05) is 24.1 Å². The smallest absolute Gasteiger partial charge is 0.107 e. The van der Waals surface area contributed by atoms with E-state index in [1.165, 1.54) is 0 Å². The van der Waals surface area contributed by atoms with Crippen molar-refractivity contribution >= 4 is 22.9 Å². The standard InChI is InChI=1S/C16H20N4S/c1-4-20(10-13-7-5-6-8-18-13)14-9-11(2)19-12(3)15(14)16(17)21/h5-9H,4,10H2,1-3H3,(H2,17,21). The fourth-order valence-corrected chi connectivity index (χ4v) is 2.67. The van der Waals surface area contributed by atoms with Gasteiger partial charge in [0.1, 0.15) is 4.99 Å². The van der Waals surface area contributed by atoms with Crippen molar-refractivity contribution in [3.05, 3.63) is 53.1 Å². The van der Waals surface area contributed by atoms with Crippen LogP contribution in [0.3, 0.4) is 0 Å². The van der Waals surface area contributed by atoms with Crippen LogP contribution in [0.15, 0.2) is 30.5 Å². The largest absolute Gasteiger partial charge is 0.389 e. The van der Waals surface area contributed by atoms with E-state index in [9.17, 15) is 0 Å². The van der Waals surface area contributed by atoms with Crippen LogP contribution in [0.2, 0.25) is 0 Å². The number of aromatic nitrogens is 2. The first-order valence-electron chi connectivity index (χ1n) is 6.95. The monoisotopic (exact) mass is 300 g/mol. The zero-order valence-electron chi connectivity index (χ0n) is 12.6. The summed E-state index contributed by atoms with van der Waals surface area (Å²) >= 11 is 5.21. The Kier molecular flexibility index (Phi) is 4.85. The molecule has 2 aromatic rings. The van der Waals surface area contributed by atoms with Crippen molar-refractivity contribution < 1.29 is 0 Å². The maximum Gasteiger partial charge on any atom is 0.107 e. The van der Waals surface area contributed by atoms with Gasteiger partial charge in [-0.2, -0.15) is 0 Å². The lowest BCUT2D eigenvalue weighted by molar-refractivity contribution is 0.805. The molecule has 2 heterocycles. The molecule has 0 radical (unpaired) electrons. The molecule has 4 nitrogen and oxygen atoms in total. The van der Waals surface area contributed by atoms with Gasteiger partial charge < -0.3 is 10.6 Å². The first kappa shape index (κ1) is 15.4. The van der Waals surface area contributed by atoms with E-state index in [0.29, 0.717) is 4.99 Å². The van der Waals surface area contributed by atoms with Crippen LogP contribution in [0.5, 0.6) is 0 Å². The summed E-state index contributed by atoms with van der Waals surface area (Å²) in [5.41, 5.74) is 10.6. The lowest BCUT2D eigenvalue weighted by Crippen LogP contribution is -2.27. The first-order valence-corrected chi connectivity index (χ1v) is 7.36. The topological polar surface area (TPSA) is 55.0 Å². The van der Waals surface area contributed by atoms with Gasteiger partial charge in [0.25, 0.3) is 0 Å². The van der Waals surface area contributed by atoms with Crippen molar-refractivity contribution in [2.24, 2.45) is 5.73 Å². The molecule has 21 heavy (non-hydrogen) atoms. The SMILES string of the molecule is CCN(Cc1ccccn1)c1cc(C)nc(C)c1C(N)=S. The highest BCUT2D eigenvalue weighted by Crippen LogP contribution is 2.25. The van der Waals surface area contributed by atoms with Crippen LogP contribution in [0.4, 0.5) is 5.69 Å². The van der Waals surface area contributed by atoms with Gasteiger partial charge >= 0.3 is 0 Å². The lowest BCUT2D eigenvalue weighted by Gasteiger charge is -2.26. The van der Waals surface area contributed by atoms with Gasteiger partial charge in [-0.3, -0.25) is 9.97 Å². The normalized spacial score (nSPS) is 10.4. The van der Waals surface area contributed by atoms with Gasteiger partial charge in [-0.15, -0.1) is 0 Å². The molecule has 2 rings (SSSR count). The summed E-state index contributed by atoms with van der Waals surface area (Å²) in [6, 6.07) is 7.96. The van der Waals surface area contributed by atoms with Gasteiger partial charge in [0.05, 0.1) is 23.5 Å². The van der Waals surface area contributed by atoms with Crippen LogP contribution in [-0.4, -0.2) is 21.5 Å². The van der Waals surface area contributed by atoms with Gasteiger partial charge in [-0.1, -0.05) is 18.3 Å². The molecule has 5 heteroatoms. The Morgan fingerprint density at radius 2 is 2.10 bits per heavy atom. The average Bonchev–Trinajstić information content (AvgIpc) is 2.44. The molecule has 0 amide bonds. The minimum absolute atomic E-state index is 0.384. The minimum atomic E-state index is 0.384. The predicted octanol–water partition coefficient (Wildman–Crippen LogP) is 2.75. The molecule has 0 aliphatic carbocycles. The van der Waals surface area contributed by atoms with E-state index in [-0.39, 0.29) is 0 Å². The molecule has 2 N–H and O–H groups in total. The van der Waals surface area contributed by atoms with E-state index in [2.05, 4.69) is 21.8 Å². The molecule has 0 aliphatic rings. The van der Waals surface area contributed by atoms with E-state index < -0.39 is 0 Å². The van der Waals surface area contributed by atoms with Crippen LogP contribution in [0.1, 0.15) is 29.6 Å². The third-order valence-electron chi connectivity index (χ3n) is 3.36. The van der Waals surface area contributed by atoms with Crippen molar-refractivity contribution in [2.45, 2.75) is 27.3 Å². The second-order valence-electron chi connectivity index (χ2n) is 4.94. The van der Waals surface area contributed by atoms with Crippen molar-refractivity contribution in [3.63, 3.8) is 0 Å². The molecule has 0 atom stereocenters. The summed E-state index contributed by atoms with van der Waals surface area (Å²) in [4.78, 5) is 11.5. The second kappa shape index (κ2) is 6.63. The van der Waals surface area contributed by atoms with E-state index in [4.69, 9.17) is 18.0 Å². The minimum Gasteiger partial charge on any atom is -0.389 e. The molecular formula is C16H20N4S. The summed E-state index contributed by atoms with van der Waals surface area (Å²) in [5, 5.41) is 0. The highest BCUT2D eigenvalue weighted by Gasteiger charge is 2.16. The molecule has 2 aromatic heterocycles. The summed E-state index contributed by atoms with van der Waals surface area (Å²) in [7, 11) is 0. The maximum atomic E-state index is 5.90. The molecule has 110 valence electrons. The predicted molar refractivity (Wildman–Crippen MR) is 90.6 cm³/mol. The Balaban J connectivity index is 2.44. The number of aryl methyl sites for hydroxylation is 2. The zero-order valence-corrected chi connectivity index (χ0v) is 13.4. The van der Waals surface area contributed by atoms with Crippen LogP contribution in [0, 0.1) is 13.8 Å². The van der Waals surface area contributed by atoms with Crippen LogP contribution >= 0.6 is 12.2 Å². The van der Waals surface area contributed by atoms with E-state index in [0.717, 1.165) is 41.4 Å². The third kappa shape index (κ3) is 3.55. The fraction of sp³-hybridized carbons (Fsp3) is 0.312. The Morgan fingerprint density at radius 3 is 2.67 bits per heavy atom. The average molecular weight is 300 g/mol. The Hall–Kier alpha value is -2.01. The summed E-state index contributed by atoms with van der Waals surface area (Å²) < 4.78 is 0. The number of thiocarbonyl (C=S) groups is 1. The fourth-order valence-electron chi connectivity index (χ4n) is 2.42. The zero-order chi connectivity index (χ0) is 15.4. The van der Waals surface area contributed by atoms with Gasteiger partial charge in [-0.05, 0) is 39.0 Å². The number of nitrogens with two attached hydrogens (primary N) is 1. The number of hydrogen-bond acceptors (Lipinski definition) is 4. The van der Waals surface area contributed by atoms with Crippen LogP contribution in [-0.2, 0) is 6.54 Å². The van der Waals surface area contributed by atoms with E-state index >= 15 is 0 Å². The van der Waals surface area contributed by atoms with Gasteiger partial charge in [0.2, 0.25) is 0 Å². The van der Waals surface area contributed by atoms with E-state index in [1.807, 2.05) is 38.1 Å². The number of anilines is 1. The quantitative estimate of drug-likeness (QED) is 0.861. The van der Waals surface area contributed by atoms with Crippen LogP contribution < -0.4 is 10.6 Å². The molecule has 0 aromatic carbocycles. The van der Waals surface area contributed by atoms with Crippen LogP contribution in [0.25, 0.3) is 0 Å². The van der Waals surface area contributed by atoms with Crippen molar-refractivity contribution in [1.29, 1.82) is 0 Å². The highest BCUT2D eigenvalue weighted by atomic mass is 32.1. The van der Waals surface area contributed by atoms with Gasteiger partial charge in [0.15, 0.2) is 0 Å². The molecule has 0 saturated carbocycles. The molecule has 0 spiro atoms. The lowest BCUT2D eigenvalue weighted by atomic mass is 10.1. The number of hydrogen-bond donors (Lipinski definition) is 1. The molecule has 0 bridgehead atoms. The Morgan fingerprint density at radius 1 is 1.33 bits per heavy atom. The third-order valence-corrected chi connectivity index (χ3v) is 3.56. The molecule has 0 unspecified atom stereocenters. The molecule has 0 saturated heterocycles. The second-order valence-corrected chi connectivity index (χ2v) is 5.38. The molecular weight excluding hydrogens is 280 g/mol. The maximum absolute atomic E-state index is 5.90. The number of nitrogens with zero attached hydrogens (tertiary/aromatic N) is 3. The van der Waals surface area contributed by atoms with Gasteiger partial charge in [-0.25, -0.2) is 0 Å². The number of rotatable bonds is 5. The highest BCUT2D eigenvalue weighted by molar-refractivity contribution is 7.80. The van der Waals surface area contributed by atoms with Crippen molar-refractivity contribution in [1.82, 2.24) is 9.97 Å². The van der Waals surface area contributed by atoms with Crippen molar-refractivity contribution in [2.75, 3.05) is 11.4 Å². The summed E-state index contributed by atoms with van der Waals surface area (Å²) in [5.74, 6) is 0. The van der Waals surface area contributed by atoms with Crippen molar-refractivity contribution in [3.8, 4) is 0 Å². The molecule has 0 aliphatic heterocycles. The summed E-state index contributed by atoms with van der Waals surface area (Å²) in [6.07, 6.45) is 1.81. The van der Waals surface area contributed by atoms with E-state index in [1.54, 1.807) is 6.20 Å². The Labute approximate surface area is 131 Å². The summed E-state index contributed by atoms with van der Waals surface area (Å²) in [6.45, 7) is 7.59. The first-order chi connectivity index (χ1) is 10.0. The molecule has 0 fully saturated rings. The number of pyridine rings is 2. The Bertz CT molecular complexity index is 640.